The lowest BCUT2D eigenvalue weighted by Crippen LogP contribution is -2.41. The molecule has 0 fully saturated rings. The van der Waals surface area contributed by atoms with Crippen molar-refractivity contribution in [2.45, 2.75) is 56.7 Å². The van der Waals surface area contributed by atoms with Crippen LogP contribution in [0, 0.1) is 0 Å². The van der Waals surface area contributed by atoms with Crippen LogP contribution in [0.5, 0.6) is 0 Å². The third-order valence-electron chi connectivity index (χ3n) is 4.85. The smallest absolute Gasteiger partial charge is 0.220 e. The summed E-state index contributed by atoms with van der Waals surface area (Å²) < 4.78 is 8.44. The molecule has 6 N–H and O–H groups in total. The summed E-state index contributed by atoms with van der Waals surface area (Å²) in [4.78, 5) is 38.8. The minimum absolute atomic E-state index is 0.0922. The number of hydrogen-bond acceptors (Lipinski definition) is 9. The highest BCUT2D eigenvalue weighted by atomic mass is 32.2. The highest BCUT2D eigenvalue weighted by molar-refractivity contribution is 7.92. The Kier molecular flexibility index (Phi) is 22.8. The molecule has 1 heterocycles. The fourth-order valence-corrected chi connectivity index (χ4v) is 4.06. The molecule has 2 amide bonds. The van der Waals surface area contributed by atoms with Gasteiger partial charge in [-0.05, 0) is 63.9 Å². The van der Waals surface area contributed by atoms with Gasteiger partial charge in [-0.25, -0.2) is 4.98 Å². The maximum absolute atomic E-state index is 12.5. The fraction of sp³-hybridized carbons (Fsp3) is 0.520. The van der Waals surface area contributed by atoms with Gasteiger partial charge in [-0.15, -0.1) is 11.3 Å². The first kappa shape index (κ1) is 33.7. The van der Waals surface area contributed by atoms with Crippen LogP contribution in [0.3, 0.4) is 0 Å². The Hall–Kier alpha value is -2.31. The van der Waals surface area contributed by atoms with Gasteiger partial charge in [0, 0.05) is 30.3 Å². The van der Waals surface area contributed by atoms with E-state index in [0.717, 1.165) is 56.3 Å². The zero-order valence-electron chi connectivity index (χ0n) is 21.3. The van der Waals surface area contributed by atoms with E-state index in [9.17, 15) is 14.4 Å². The normalized spacial score (nSPS) is 10.7. The van der Waals surface area contributed by atoms with Crippen molar-refractivity contribution >= 4 is 41.5 Å². The monoisotopic (exact) mass is 539 g/mol. The number of thiazole rings is 1. The molecular weight excluding hydrogens is 498 g/mol. The average Bonchev–Trinajstić information content (AvgIpc) is 3.45. The van der Waals surface area contributed by atoms with Crippen LogP contribution in [0.15, 0.2) is 41.9 Å². The molecule has 0 saturated heterocycles. The second-order valence-corrected chi connectivity index (χ2v) is 9.00. The Morgan fingerprint density at radius 1 is 1.11 bits per heavy atom. The van der Waals surface area contributed by atoms with Gasteiger partial charge in [0.05, 0.1) is 6.04 Å². The van der Waals surface area contributed by atoms with E-state index in [4.69, 9.17) is 4.55 Å². The lowest BCUT2D eigenvalue weighted by molar-refractivity contribution is -0.121. The molecule has 202 valence electrons. The molecule has 2 aromatic rings. The number of Topliss-reactive ketones (excluding diaryl/α,β-unsaturated/α-hetero) is 1. The van der Waals surface area contributed by atoms with Crippen LogP contribution in [0.1, 0.15) is 60.3 Å². The number of rotatable bonds is 17. The van der Waals surface area contributed by atoms with Crippen LogP contribution in [0.4, 0.5) is 0 Å². The molecule has 0 saturated carbocycles. The third kappa shape index (κ3) is 17.2. The third-order valence-corrected chi connectivity index (χ3v) is 6.10. The number of unbranched alkanes of at least 4 members (excludes halogenated alkanes) is 3. The van der Waals surface area contributed by atoms with Gasteiger partial charge in [-0.2, -0.15) is 0 Å². The average molecular weight is 540 g/mol. The van der Waals surface area contributed by atoms with Crippen LogP contribution in [0.25, 0.3) is 0 Å². The van der Waals surface area contributed by atoms with E-state index < -0.39 is 6.04 Å². The summed E-state index contributed by atoms with van der Waals surface area (Å²) in [5, 5.41) is 10.7. The molecule has 1 aromatic carbocycles. The summed E-state index contributed by atoms with van der Waals surface area (Å²) >= 11 is 2.15. The molecule has 0 spiro atoms. The first-order valence-electron chi connectivity index (χ1n) is 12.0. The Balaban J connectivity index is 0.000000922. The van der Waals surface area contributed by atoms with Gasteiger partial charge in [0.2, 0.25) is 18.1 Å². The molecule has 0 bridgehead atoms. The first-order chi connectivity index (χ1) is 17.6. The van der Waals surface area contributed by atoms with Crippen molar-refractivity contribution < 1.29 is 18.9 Å². The summed E-state index contributed by atoms with van der Waals surface area (Å²) in [6.07, 6.45) is 7.71. The number of ketones is 1. The van der Waals surface area contributed by atoms with Crippen LogP contribution < -0.4 is 21.7 Å². The van der Waals surface area contributed by atoms with Crippen molar-refractivity contribution in [3.8, 4) is 0 Å². The number of carbonyl (C=O) groups is 3. The van der Waals surface area contributed by atoms with Gasteiger partial charge in [0.25, 0.3) is 0 Å². The number of nitrogens with two attached hydrogens (primary N) is 1. The molecule has 9 nitrogen and oxygen atoms in total. The number of nitrogens with one attached hydrogen (secondary N) is 3. The number of carbonyl (C=O) groups excluding carboxylic acids is 3. The zero-order valence-corrected chi connectivity index (χ0v) is 22.9. The number of aromatic nitrogens is 1. The SMILES string of the molecule is CN.CNCCC[C@H](NC(=O)CCCCCCNC=O)C(=O)c1nccs1.OSCc1ccccc1. The van der Waals surface area contributed by atoms with E-state index in [1.807, 2.05) is 37.4 Å². The van der Waals surface area contributed by atoms with Gasteiger partial charge in [0.1, 0.15) is 0 Å². The lowest BCUT2D eigenvalue weighted by atomic mass is 10.1. The quantitative estimate of drug-likeness (QED) is 0.0889. The second-order valence-electron chi connectivity index (χ2n) is 7.56. The summed E-state index contributed by atoms with van der Waals surface area (Å²) in [5.74, 6) is 0.477. The summed E-state index contributed by atoms with van der Waals surface area (Å²) in [6, 6.07) is 9.36. The molecule has 0 aliphatic carbocycles. The molecular formula is C25H41N5O4S2. The molecule has 1 aromatic heterocycles. The molecule has 0 aliphatic heterocycles. The van der Waals surface area contributed by atoms with Gasteiger partial charge < -0.3 is 26.2 Å². The molecule has 2 rings (SSSR count). The molecule has 1 atom stereocenters. The summed E-state index contributed by atoms with van der Waals surface area (Å²) in [7, 11) is 3.36. The van der Waals surface area contributed by atoms with Crippen molar-refractivity contribution in [1.82, 2.24) is 20.9 Å². The van der Waals surface area contributed by atoms with Gasteiger partial charge >= 0.3 is 0 Å². The van der Waals surface area contributed by atoms with Crippen molar-refractivity contribution in [3.63, 3.8) is 0 Å². The molecule has 11 heteroatoms. The van der Waals surface area contributed by atoms with E-state index in [1.54, 1.807) is 11.6 Å². The lowest BCUT2D eigenvalue weighted by Gasteiger charge is -2.16. The topological polar surface area (TPSA) is 146 Å². The van der Waals surface area contributed by atoms with E-state index >= 15 is 0 Å². The highest BCUT2D eigenvalue weighted by Crippen LogP contribution is 2.12. The van der Waals surface area contributed by atoms with Gasteiger partial charge in [-0.1, -0.05) is 43.2 Å². The Bertz CT molecular complexity index is 795. The van der Waals surface area contributed by atoms with Gasteiger partial charge in [0.15, 0.2) is 5.01 Å². The number of benzene rings is 1. The zero-order chi connectivity index (χ0) is 26.9. The van der Waals surface area contributed by atoms with Crippen molar-refractivity contribution in [2.75, 3.05) is 27.2 Å². The molecule has 0 unspecified atom stereocenters. The molecule has 36 heavy (non-hydrogen) atoms. The Labute approximate surface area is 223 Å². The fourth-order valence-electron chi connectivity index (χ4n) is 3.09. The summed E-state index contributed by atoms with van der Waals surface area (Å²) in [5.41, 5.74) is 5.66. The van der Waals surface area contributed by atoms with Crippen LogP contribution >= 0.6 is 23.4 Å². The van der Waals surface area contributed by atoms with E-state index in [-0.39, 0.29) is 11.7 Å². The predicted molar refractivity (Wildman–Crippen MR) is 149 cm³/mol. The van der Waals surface area contributed by atoms with Gasteiger partial charge in [-0.3, -0.25) is 14.4 Å². The molecule has 0 radical (unpaired) electrons. The van der Waals surface area contributed by atoms with Crippen LogP contribution in [0.2, 0.25) is 0 Å². The number of hydrogen-bond donors (Lipinski definition) is 5. The predicted octanol–water partition coefficient (Wildman–Crippen LogP) is 3.47. The standard InChI is InChI=1S/C17H28N4O3S.C7H8OS.CH5N/c1-18-9-6-7-14(16(24)17-20-11-12-25-17)21-15(23)8-4-2-3-5-10-19-13-22;8-9-6-7-4-2-1-3-5-7;1-2/h11-14,18H,2-10H2,1H3,(H,19,22)(H,21,23);1-5,8H,6H2;2H2,1H3/t14-;;/m0../s1. The maximum Gasteiger partial charge on any atom is 0.220 e. The first-order valence-corrected chi connectivity index (χ1v) is 13.9. The van der Waals surface area contributed by atoms with Crippen molar-refractivity contribution in [1.29, 1.82) is 0 Å². The maximum atomic E-state index is 12.5. The van der Waals surface area contributed by atoms with Crippen molar-refractivity contribution in [2.24, 2.45) is 5.73 Å². The van der Waals surface area contributed by atoms with Crippen LogP contribution in [-0.4, -0.2) is 60.9 Å². The Morgan fingerprint density at radius 2 is 1.83 bits per heavy atom. The molecule has 0 aliphatic rings. The highest BCUT2D eigenvalue weighted by Gasteiger charge is 2.23. The summed E-state index contributed by atoms with van der Waals surface area (Å²) in [6.45, 7) is 1.47. The van der Waals surface area contributed by atoms with E-state index in [1.165, 1.54) is 18.4 Å². The Morgan fingerprint density at radius 3 is 2.44 bits per heavy atom. The van der Waals surface area contributed by atoms with Crippen LogP contribution in [-0.2, 0) is 15.3 Å². The number of nitrogens with zero attached hydrogens (tertiary/aromatic N) is 1. The second kappa shape index (κ2) is 24.4. The minimum Gasteiger partial charge on any atom is -0.359 e. The number of amides is 2. The van der Waals surface area contributed by atoms with E-state index in [0.29, 0.717) is 36.6 Å². The van der Waals surface area contributed by atoms with E-state index in [2.05, 4.69) is 26.7 Å². The largest absolute Gasteiger partial charge is 0.359 e. The van der Waals surface area contributed by atoms with Crippen molar-refractivity contribution in [3.05, 3.63) is 52.5 Å². The minimum atomic E-state index is -0.510.